The second-order valence-electron chi connectivity index (χ2n) is 3.82. The molecule has 4 N–H and O–H groups in total. The first kappa shape index (κ1) is 10.4. The number of hydrogen-bond donors (Lipinski definition) is 4. The van der Waals surface area contributed by atoms with Crippen LogP contribution in [0.5, 0.6) is 0 Å². The van der Waals surface area contributed by atoms with Gasteiger partial charge in [0, 0.05) is 18.8 Å². The lowest BCUT2D eigenvalue weighted by Crippen LogP contribution is -2.38. The van der Waals surface area contributed by atoms with Crippen LogP contribution >= 0.6 is 0 Å². The normalized spacial score (nSPS) is 30.4. The second-order valence-corrected chi connectivity index (χ2v) is 3.82. The Labute approximate surface area is 88.9 Å². The smallest absolute Gasteiger partial charge is 0.0981 e. The summed E-state index contributed by atoms with van der Waals surface area (Å²) in [6.07, 6.45) is -1.33. The zero-order valence-electron chi connectivity index (χ0n) is 8.43. The molecule has 0 radical (unpaired) electrons. The summed E-state index contributed by atoms with van der Waals surface area (Å²) in [7, 11) is 0. The summed E-state index contributed by atoms with van der Waals surface area (Å²) in [4.78, 5) is 0. The molecule has 0 spiro atoms. The average molecular weight is 208 g/mol. The molecule has 1 saturated heterocycles. The van der Waals surface area contributed by atoms with E-state index in [2.05, 4.69) is 10.6 Å². The van der Waals surface area contributed by atoms with Crippen LogP contribution in [0.3, 0.4) is 0 Å². The Bertz CT molecular complexity index is 305. The maximum Gasteiger partial charge on any atom is 0.0981 e. The maximum atomic E-state index is 9.58. The quantitative estimate of drug-likeness (QED) is 0.555. The van der Waals surface area contributed by atoms with E-state index < -0.39 is 12.2 Å². The van der Waals surface area contributed by atoms with Gasteiger partial charge in [-0.2, -0.15) is 0 Å². The highest BCUT2D eigenvalue weighted by molar-refractivity contribution is 5.42. The van der Waals surface area contributed by atoms with Crippen LogP contribution in [0.15, 0.2) is 30.3 Å². The standard InChI is InChI=1S/C11H16N2O2/c14-10-7-13-9(11(10)15)6-12-8-4-2-1-3-5-8/h1-5,9-15H,6-7H2/t9-,10-,11-/m1/s1. The lowest BCUT2D eigenvalue weighted by atomic mass is 10.1. The number of hydrogen-bond acceptors (Lipinski definition) is 4. The molecular weight excluding hydrogens is 192 g/mol. The molecule has 0 amide bonds. The van der Waals surface area contributed by atoms with Gasteiger partial charge < -0.3 is 20.8 Å². The highest BCUT2D eigenvalue weighted by atomic mass is 16.3. The maximum absolute atomic E-state index is 9.58. The van der Waals surface area contributed by atoms with Crippen LogP contribution in [0.4, 0.5) is 5.69 Å². The Morgan fingerprint density at radius 2 is 2.00 bits per heavy atom. The van der Waals surface area contributed by atoms with Crippen molar-refractivity contribution in [3.05, 3.63) is 30.3 Å². The van der Waals surface area contributed by atoms with Crippen molar-refractivity contribution in [2.24, 2.45) is 0 Å². The van der Waals surface area contributed by atoms with Gasteiger partial charge in [-0.05, 0) is 12.1 Å². The van der Waals surface area contributed by atoms with E-state index in [4.69, 9.17) is 0 Å². The van der Waals surface area contributed by atoms with Gasteiger partial charge in [-0.3, -0.25) is 0 Å². The Balaban J connectivity index is 1.84. The third-order valence-electron chi connectivity index (χ3n) is 2.70. The van der Waals surface area contributed by atoms with Gasteiger partial charge in [0.2, 0.25) is 0 Å². The minimum Gasteiger partial charge on any atom is -0.389 e. The molecule has 1 aliphatic heterocycles. The SMILES string of the molecule is O[C@H]1[C@H](O)CN[C@@H]1CNc1ccccc1. The Hall–Kier alpha value is -1.10. The lowest BCUT2D eigenvalue weighted by molar-refractivity contribution is 0.0427. The van der Waals surface area contributed by atoms with Crippen molar-refractivity contribution in [2.75, 3.05) is 18.4 Å². The summed E-state index contributed by atoms with van der Waals surface area (Å²) in [5.74, 6) is 0. The molecule has 1 fully saturated rings. The topological polar surface area (TPSA) is 64.5 Å². The number of β-amino-alcohol motifs (C(OH)–C–C–N with tert-alkyl or cyclic N) is 1. The van der Waals surface area contributed by atoms with E-state index in [0.29, 0.717) is 13.1 Å². The Kier molecular flexibility index (Phi) is 3.20. The number of nitrogens with one attached hydrogen (secondary N) is 2. The molecule has 0 saturated carbocycles. The molecule has 2 rings (SSSR count). The van der Waals surface area contributed by atoms with Crippen molar-refractivity contribution in [1.82, 2.24) is 5.32 Å². The average Bonchev–Trinajstić information content (AvgIpc) is 2.59. The fourth-order valence-electron chi connectivity index (χ4n) is 1.76. The van der Waals surface area contributed by atoms with Crippen molar-refractivity contribution in [2.45, 2.75) is 18.2 Å². The van der Waals surface area contributed by atoms with Crippen LogP contribution in [-0.2, 0) is 0 Å². The van der Waals surface area contributed by atoms with E-state index in [1.54, 1.807) is 0 Å². The molecule has 1 aromatic carbocycles. The van der Waals surface area contributed by atoms with Crippen LogP contribution in [0, 0.1) is 0 Å². The van der Waals surface area contributed by atoms with E-state index in [1.807, 2.05) is 30.3 Å². The molecule has 0 aliphatic carbocycles. The molecule has 0 unspecified atom stereocenters. The molecule has 15 heavy (non-hydrogen) atoms. The van der Waals surface area contributed by atoms with Crippen molar-refractivity contribution in [1.29, 1.82) is 0 Å². The van der Waals surface area contributed by atoms with Crippen molar-refractivity contribution >= 4 is 5.69 Å². The zero-order chi connectivity index (χ0) is 10.7. The van der Waals surface area contributed by atoms with Gasteiger partial charge in [-0.25, -0.2) is 0 Å². The van der Waals surface area contributed by atoms with Crippen molar-refractivity contribution in [3.8, 4) is 0 Å². The molecule has 0 aromatic heterocycles. The molecule has 0 bridgehead atoms. The van der Waals surface area contributed by atoms with Crippen LogP contribution < -0.4 is 10.6 Å². The number of benzene rings is 1. The highest BCUT2D eigenvalue weighted by Gasteiger charge is 2.32. The number of aliphatic hydroxyl groups is 2. The van der Waals surface area contributed by atoms with Gasteiger partial charge in [0.25, 0.3) is 0 Å². The number of para-hydroxylation sites is 1. The van der Waals surface area contributed by atoms with Crippen molar-refractivity contribution in [3.63, 3.8) is 0 Å². The second kappa shape index (κ2) is 4.61. The fourth-order valence-corrected chi connectivity index (χ4v) is 1.76. The van der Waals surface area contributed by atoms with Crippen LogP contribution in [0.25, 0.3) is 0 Å². The summed E-state index contributed by atoms with van der Waals surface area (Å²) in [5.41, 5.74) is 1.02. The highest BCUT2D eigenvalue weighted by Crippen LogP contribution is 2.10. The lowest BCUT2D eigenvalue weighted by Gasteiger charge is -2.17. The largest absolute Gasteiger partial charge is 0.389 e. The summed E-state index contributed by atoms with van der Waals surface area (Å²) in [6, 6.07) is 9.72. The third-order valence-corrected chi connectivity index (χ3v) is 2.70. The molecule has 4 heteroatoms. The van der Waals surface area contributed by atoms with Crippen LogP contribution in [-0.4, -0.2) is 41.6 Å². The molecule has 4 nitrogen and oxygen atoms in total. The molecule has 1 heterocycles. The molecule has 82 valence electrons. The van der Waals surface area contributed by atoms with E-state index in [1.165, 1.54) is 0 Å². The number of anilines is 1. The van der Waals surface area contributed by atoms with Crippen LogP contribution in [0.1, 0.15) is 0 Å². The summed E-state index contributed by atoms with van der Waals surface area (Å²) in [6.45, 7) is 1.07. The van der Waals surface area contributed by atoms with E-state index in [0.717, 1.165) is 5.69 Å². The van der Waals surface area contributed by atoms with E-state index >= 15 is 0 Å². The minimum absolute atomic E-state index is 0.0831. The zero-order valence-corrected chi connectivity index (χ0v) is 8.43. The molecule has 3 atom stereocenters. The van der Waals surface area contributed by atoms with Crippen LogP contribution in [0.2, 0.25) is 0 Å². The van der Waals surface area contributed by atoms with E-state index in [-0.39, 0.29) is 6.04 Å². The first-order chi connectivity index (χ1) is 7.27. The predicted molar refractivity (Wildman–Crippen MR) is 58.7 cm³/mol. The summed E-state index contributed by atoms with van der Waals surface area (Å²) >= 11 is 0. The monoisotopic (exact) mass is 208 g/mol. The first-order valence-corrected chi connectivity index (χ1v) is 5.16. The van der Waals surface area contributed by atoms with Gasteiger partial charge in [0.15, 0.2) is 0 Å². The van der Waals surface area contributed by atoms with Gasteiger partial charge in [0.1, 0.15) is 0 Å². The predicted octanol–water partition coefficient (Wildman–Crippen LogP) is -0.208. The van der Waals surface area contributed by atoms with Gasteiger partial charge in [-0.15, -0.1) is 0 Å². The number of aliphatic hydroxyl groups excluding tert-OH is 2. The van der Waals surface area contributed by atoms with Crippen molar-refractivity contribution < 1.29 is 10.2 Å². The minimum atomic E-state index is -0.679. The molecular formula is C11H16N2O2. The fraction of sp³-hybridized carbons (Fsp3) is 0.455. The first-order valence-electron chi connectivity index (χ1n) is 5.16. The summed E-state index contributed by atoms with van der Waals surface area (Å²) in [5, 5.41) is 25.2. The van der Waals surface area contributed by atoms with Gasteiger partial charge in [0.05, 0.1) is 18.2 Å². The Morgan fingerprint density at radius 1 is 1.27 bits per heavy atom. The molecule has 1 aromatic rings. The molecule has 1 aliphatic rings. The number of rotatable bonds is 3. The van der Waals surface area contributed by atoms with Gasteiger partial charge >= 0.3 is 0 Å². The summed E-state index contributed by atoms with van der Waals surface area (Å²) < 4.78 is 0. The third kappa shape index (κ3) is 2.47. The van der Waals surface area contributed by atoms with Gasteiger partial charge in [-0.1, -0.05) is 18.2 Å². The van der Waals surface area contributed by atoms with E-state index in [9.17, 15) is 10.2 Å². The Morgan fingerprint density at radius 3 is 2.60 bits per heavy atom.